The lowest BCUT2D eigenvalue weighted by Crippen LogP contribution is -2.48. The molecule has 0 unspecified atom stereocenters. The molecule has 1 aromatic carbocycles. The van der Waals surface area contributed by atoms with Crippen LogP contribution in [0.5, 0.6) is 0 Å². The van der Waals surface area contributed by atoms with Gasteiger partial charge in [0.1, 0.15) is 6.04 Å². The van der Waals surface area contributed by atoms with Crippen LogP contribution in [0.1, 0.15) is 11.1 Å². The van der Waals surface area contributed by atoms with E-state index in [0.29, 0.717) is 13.0 Å². The smallest absolute Gasteiger partial charge is 0.326 e. The van der Waals surface area contributed by atoms with Crippen molar-refractivity contribution in [1.29, 1.82) is 0 Å². The summed E-state index contributed by atoms with van der Waals surface area (Å²) in [7, 11) is 0. The molecule has 1 aliphatic heterocycles. The number of hydrogen-bond donors (Lipinski definition) is 1. The molecule has 4 heteroatoms. The third-order valence-corrected chi connectivity index (χ3v) is 2.99. The van der Waals surface area contributed by atoms with Gasteiger partial charge < -0.3 is 10.0 Å². The van der Waals surface area contributed by atoms with Crippen LogP contribution < -0.4 is 0 Å². The summed E-state index contributed by atoms with van der Waals surface area (Å²) in [6.45, 7) is 3.73. The van der Waals surface area contributed by atoms with Crippen LogP contribution in [0, 0.1) is 0 Å². The highest BCUT2D eigenvalue weighted by molar-refractivity contribution is 5.91. The van der Waals surface area contributed by atoms with Crippen molar-refractivity contribution in [2.75, 3.05) is 0 Å². The minimum absolute atomic E-state index is 0.331. The molecule has 0 saturated heterocycles. The summed E-state index contributed by atoms with van der Waals surface area (Å²) >= 11 is 0. The minimum Gasteiger partial charge on any atom is -0.480 e. The fourth-order valence-electron chi connectivity index (χ4n) is 2.09. The van der Waals surface area contributed by atoms with Gasteiger partial charge in [0.05, 0.1) is 0 Å². The van der Waals surface area contributed by atoms with Crippen LogP contribution in [0.3, 0.4) is 0 Å². The van der Waals surface area contributed by atoms with Crippen LogP contribution in [0.15, 0.2) is 36.9 Å². The molecule has 0 fully saturated rings. The monoisotopic (exact) mass is 231 g/mol. The van der Waals surface area contributed by atoms with Gasteiger partial charge in [-0.3, -0.25) is 4.79 Å². The number of rotatable bonds is 2. The molecule has 1 atom stereocenters. The summed E-state index contributed by atoms with van der Waals surface area (Å²) in [4.78, 5) is 24.1. The fraction of sp³-hybridized carbons (Fsp3) is 0.231. The molecule has 0 saturated carbocycles. The number of nitrogens with zero attached hydrogens (tertiary/aromatic N) is 1. The summed E-state index contributed by atoms with van der Waals surface area (Å²) in [5.41, 5.74) is 1.99. The highest BCUT2D eigenvalue weighted by Gasteiger charge is 2.33. The maximum absolute atomic E-state index is 11.6. The second kappa shape index (κ2) is 4.41. The number of carbonyl (C=O) groups excluding carboxylic acids is 1. The number of hydrogen-bond acceptors (Lipinski definition) is 2. The highest BCUT2D eigenvalue weighted by Crippen LogP contribution is 2.23. The first-order valence-electron chi connectivity index (χ1n) is 5.36. The lowest BCUT2D eigenvalue weighted by molar-refractivity contribution is -0.149. The van der Waals surface area contributed by atoms with Crippen molar-refractivity contribution in [2.24, 2.45) is 0 Å². The number of fused-ring (bicyclic) bond motifs is 1. The predicted octanol–water partition coefficient (Wildman–Crippen LogP) is 1.21. The van der Waals surface area contributed by atoms with Crippen molar-refractivity contribution in [3.05, 3.63) is 48.0 Å². The zero-order valence-corrected chi connectivity index (χ0v) is 9.30. The number of benzene rings is 1. The van der Waals surface area contributed by atoms with Gasteiger partial charge in [-0.15, -0.1) is 0 Å². The van der Waals surface area contributed by atoms with Gasteiger partial charge in [0, 0.05) is 13.0 Å². The second-order valence-corrected chi connectivity index (χ2v) is 4.00. The Morgan fingerprint density at radius 3 is 2.59 bits per heavy atom. The molecule has 0 aliphatic carbocycles. The first-order chi connectivity index (χ1) is 8.13. The predicted molar refractivity (Wildman–Crippen MR) is 62.3 cm³/mol. The summed E-state index contributed by atoms with van der Waals surface area (Å²) in [6, 6.07) is 6.78. The van der Waals surface area contributed by atoms with Gasteiger partial charge in [0.15, 0.2) is 0 Å². The van der Waals surface area contributed by atoms with Crippen LogP contribution >= 0.6 is 0 Å². The summed E-state index contributed by atoms with van der Waals surface area (Å²) in [6.07, 6.45) is 1.51. The third kappa shape index (κ3) is 2.06. The number of carbonyl (C=O) groups is 2. The fourth-order valence-corrected chi connectivity index (χ4v) is 2.09. The van der Waals surface area contributed by atoms with Crippen LogP contribution in [-0.2, 0) is 22.6 Å². The number of carboxylic acid groups (broad SMARTS) is 1. The van der Waals surface area contributed by atoms with E-state index in [1.54, 1.807) is 0 Å². The summed E-state index contributed by atoms with van der Waals surface area (Å²) in [5.74, 6) is -1.32. The average molecular weight is 231 g/mol. The van der Waals surface area contributed by atoms with E-state index in [1.807, 2.05) is 24.3 Å². The molecule has 2 rings (SSSR count). The molecule has 1 N–H and O–H groups in total. The van der Waals surface area contributed by atoms with Gasteiger partial charge in [0.25, 0.3) is 0 Å². The van der Waals surface area contributed by atoms with E-state index in [-0.39, 0.29) is 5.91 Å². The Bertz CT molecular complexity index is 481. The lowest BCUT2D eigenvalue weighted by atomic mass is 9.94. The van der Waals surface area contributed by atoms with E-state index in [2.05, 4.69) is 6.58 Å². The molecular weight excluding hydrogens is 218 g/mol. The zero-order chi connectivity index (χ0) is 12.4. The number of carboxylic acids is 1. The van der Waals surface area contributed by atoms with Crippen LogP contribution in [-0.4, -0.2) is 27.9 Å². The quantitative estimate of drug-likeness (QED) is 0.778. The Balaban J connectivity index is 2.37. The lowest BCUT2D eigenvalue weighted by Gasteiger charge is -2.33. The standard InChI is InChI=1S/C13H13NO3/c1-2-12(15)14-8-10-6-4-3-5-9(10)7-11(14)13(16)17/h2-6,11H,1,7-8H2,(H,16,17)/t11-/m0/s1. The maximum atomic E-state index is 11.6. The maximum Gasteiger partial charge on any atom is 0.326 e. The molecule has 17 heavy (non-hydrogen) atoms. The van der Waals surface area contributed by atoms with Crippen LogP contribution in [0.25, 0.3) is 0 Å². The van der Waals surface area contributed by atoms with Crippen molar-refractivity contribution >= 4 is 11.9 Å². The van der Waals surface area contributed by atoms with Crippen LogP contribution in [0.2, 0.25) is 0 Å². The van der Waals surface area contributed by atoms with Gasteiger partial charge in [-0.1, -0.05) is 30.8 Å². The van der Waals surface area contributed by atoms with E-state index in [4.69, 9.17) is 5.11 Å². The molecule has 1 heterocycles. The first kappa shape index (κ1) is 11.4. The Morgan fingerprint density at radius 1 is 1.35 bits per heavy atom. The van der Waals surface area contributed by atoms with Gasteiger partial charge in [-0.25, -0.2) is 4.79 Å². The van der Waals surface area contributed by atoms with Crippen molar-refractivity contribution in [2.45, 2.75) is 19.0 Å². The van der Waals surface area contributed by atoms with Gasteiger partial charge in [0.2, 0.25) is 5.91 Å². The Kier molecular flexibility index (Phi) is 2.95. The van der Waals surface area contributed by atoms with E-state index in [1.165, 1.54) is 4.90 Å². The van der Waals surface area contributed by atoms with E-state index < -0.39 is 12.0 Å². The first-order valence-corrected chi connectivity index (χ1v) is 5.36. The molecule has 1 amide bonds. The topological polar surface area (TPSA) is 57.6 Å². The molecule has 0 aromatic heterocycles. The normalized spacial score (nSPS) is 18.4. The van der Waals surface area contributed by atoms with E-state index >= 15 is 0 Å². The molecule has 0 spiro atoms. The zero-order valence-electron chi connectivity index (χ0n) is 9.30. The SMILES string of the molecule is C=CC(=O)N1Cc2ccccc2C[C@H]1C(=O)O. The van der Waals surface area contributed by atoms with Crippen molar-refractivity contribution in [3.63, 3.8) is 0 Å². The molecule has 4 nitrogen and oxygen atoms in total. The summed E-state index contributed by atoms with van der Waals surface area (Å²) < 4.78 is 0. The van der Waals surface area contributed by atoms with Crippen molar-refractivity contribution in [3.8, 4) is 0 Å². The van der Waals surface area contributed by atoms with Crippen LogP contribution in [0.4, 0.5) is 0 Å². The minimum atomic E-state index is -0.977. The van der Waals surface area contributed by atoms with Gasteiger partial charge in [-0.2, -0.15) is 0 Å². The largest absolute Gasteiger partial charge is 0.480 e. The molecular formula is C13H13NO3. The highest BCUT2D eigenvalue weighted by atomic mass is 16.4. The second-order valence-electron chi connectivity index (χ2n) is 4.00. The molecule has 1 aromatic rings. The number of aliphatic carboxylic acids is 1. The Hall–Kier alpha value is -2.10. The van der Waals surface area contributed by atoms with Gasteiger partial charge >= 0.3 is 5.97 Å². The molecule has 1 aliphatic rings. The molecule has 0 radical (unpaired) electrons. The Morgan fingerprint density at radius 2 is 2.00 bits per heavy atom. The third-order valence-electron chi connectivity index (χ3n) is 2.99. The van der Waals surface area contributed by atoms with Gasteiger partial charge in [-0.05, 0) is 17.2 Å². The van der Waals surface area contributed by atoms with Crippen molar-refractivity contribution < 1.29 is 14.7 Å². The average Bonchev–Trinajstić information content (AvgIpc) is 2.36. The van der Waals surface area contributed by atoms with E-state index in [0.717, 1.165) is 17.2 Å². The van der Waals surface area contributed by atoms with E-state index in [9.17, 15) is 9.59 Å². The molecule has 0 bridgehead atoms. The Labute approximate surface area is 99.2 Å². The van der Waals surface area contributed by atoms with Crippen molar-refractivity contribution in [1.82, 2.24) is 4.90 Å². The molecule has 88 valence electrons. The number of amides is 1. The summed E-state index contributed by atoms with van der Waals surface area (Å²) in [5, 5.41) is 9.15.